The number of aromatic nitrogens is 1. The van der Waals surface area contributed by atoms with E-state index in [2.05, 4.69) is 35.3 Å². The Bertz CT molecular complexity index is 1070. The Hall–Kier alpha value is -3.47. The van der Waals surface area contributed by atoms with Crippen molar-refractivity contribution in [1.29, 1.82) is 0 Å². The largest absolute Gasteiger partial charge is 0.348 e. The van der Waals surface area contributed by atoms with Crippen LogP contribution in [0.2, 0.25) is 0 Å². The van der Waals surface area contributed by atoms with Crippen LogP contribution in [0.5, 0.6) is 0 Å². The van der Waals surface area contributed by atoms with E-state index in [-0.39, 0.29) is 11.8 Å². The quantitative estimate of drug-likeness (QED) is 0.637. The van der Waals surface area contributed by atoms with Crippen molar-refractivity contribution < 1.29 is 9.59 Å². The van der Waals surface area contributed by atoms with Crippen LogP contribution in [0.3, 0.4) is 0 Å². The topological polar surface area (TPSA) is 53.5 Å². The van der Waals surface area contributed by atoms with Crippen LogP contribution in [-0.2, 0) is 11.2 Å². The van der Waals surface area contributed by atoms with Crippen molar-refractivity contribution >= 4 is 11.8 Å². The van der Waals surface area contributed by atoms with Crippen LogP contribution in [0, 0.1) is 5.41 Å². The highest BCUT2D eigenvalue weighted by atomic mass is 16.2. The van der Waals surface area contributed by atoms with Gasteiger partial charge in [-0.1, -0.05) is 60.7 Å². The van der Waals surface area contributed by atoms with Gasteiger partial charge in [0, 0.05) is 33.4 Å². The molecule has 0 spiro atoms. The number of carbonyl (C=O) groups excluding carboxylic acids is 2. The molecule has 1 aliphatic heterocycles. The summed E-state index contributed by atoms with van der Waals surface area (Å²) in [6.07, 6.45) is 2.85. The highest BCUT2D eigenvalue weighted by Gasteiger charge is 2.47. The third-order valence-corrected chi connectivity index (χ3v) is 5.96. The van der Waals surface area contributed by atoms with Gasteiger partial charge >= 0.3 is 0 Å². The first-order valence-electron chi connectivity index (χ1n) is 10.5. The van der Waals surface area contributed by atoms with Gasteiger partial charge in [0.1, 0.15) is 5.69 Å². The van der Waals surface area contributed by atoms with Gasteiger partial charge in [0.2, 0.25) is 5.91 Å². The monoisotopic (exact) mass is 413 g/mol. The molecule has 1 fully saturated rings. The standard InChI is InChI=1S/C26H27N3O2/c1-28(2)25(31)26(14-16-29(19-26)24(30)23-13-6-7-15-27-23)18-20-9-8-12-22(17-20)21-10-4-3-5-11-21/h3-13,15,17H,14,16,18-19H2,1-2H3/t26-/m1/s1. The van der Waals surface area contributed by atoms with Gasteiger partial charge in [-0.05, 0) is 41.7 Å². The fraction of sp³-hybridized carbons (Fsp3) is 0.269. The molecule has 3 aromatic rings. The zero-order valence-electron chi connectivity index (χ0n) is 18.0. The maximum atomic E-state index is 13.3. The Morgan fingerprint density at radius 3 is 2.42 bits per heavy atom. The SMILES string of the molecule is CN(C)C(=O)[C@@]1(Cc2cccc(-c3ccccc3)c2)CCN(C(=O)c2ccccn2)C1. The molecule has 1 aliphatic rings. The average Bonchev–Trinajstić information content (AvgIpc) is 3.24. The van der Waals surface area contributed by atoms with E-state index in [1.165, 1.54) is 0 Å². The van der Waals surface area contributed by atoms with Crippen LogP contribution in [0.4, 0.5) is 0 Å². The Kier molecular flexibility index (Phi) is 5.85. The van der Waals surface area contributed by atoms with E-state index in [0.717, 1.165) is 16.7 Å². The predicted molar refractivity (Wildman–Crippen MR) is 121 cm³/mol. The zero-order valence-corrected chi connectivity index (χ0v) is 18.0. The number of pyridine rings is 1. The molecular formula is C26H27N3O2. The summed E-state index contributed by atoms with van der Waals surface area (Å²) in [5, 5.41) is 0. The summed E-state index contributed by atoms with van der Waals surface area (Å²) in [5.41, 5.74) is 3.16. The molecule has 2 aromatic carbocycles. The van der Waals surface area contributed by atoms with E-state index in [4.69, 9.17) is 0 Å². The van der Waals surface area contributed by atoms with E-state index in [9.17, 15) is 9.59 Å². The van der Waals surface area contributed by atoms with Crippen molar-refractivity contribution in [3.63, 3.8) is 0 Å². The summed E-state index contributed by atoms with van der Waals surface area (Å²) in [5.74, 6) is -0.0546. The lowest BCUT2D eigenvalue weighted by atomic mass is 9.79. The van der Waals surface area contributed by atoms with Gasteiger partial charge in [-0.15, -0.1) is 0 Å². The summed E-state index contributed by atoms with van der Waals surface area (Å²) in [6, 6.07) is 23.9. The highest BCUT2D eigenvalue weighted by molar-refractivity contribution is 5.93. The molecule has 4 rings (SSSR count). The minimum atomic E-state index is -0.636. The fourth-order valence-electron chi connectivity index (χ4n) is 4.45. The normalized spacial score (nSPS) is 18.1. The van der Waals surface area contributed by atoms with Gasteiger partial charge in [0.05, 0.1) is 5.41 Å². The Morgan fingerprint density at radius 1 is 0.968 bits per heavy atom. The number of hydrogen-bond acceptors (Lipinski definition) is 3. The molecule has 2 heterocycles. The van der Waals surface area contributed by atoms with Gasteiger partial charge in [0.15, 0.2) is 0 Å². The number of hydrogen-bond donors (Lipinski definition) is 0. The lowest BCUT2D eigenvalue weighted by molar-refractivity contribution is -0.138. The average molecular weight is 414 g/mol. The van der Waals surface area contributed by atoms with E-state index in [1.54, 1.807) is 42.2 Å². The minimum absolute atomic E-state index is 0.0638. The molecule has 1 atom stereocenters. The molecule has 0 bridgehead atoms. The van der Waals surface area contributed by atoms with Crippen LogP contribution >= 0.6 is 0 Å². The third kappa shape index (κ3) is 4.36. The molecule has 0 radical (unpaired) electrons. The van der Waals surface area contributed by atoms with Crippen LogP contribution in [0.1, 0.15) is 22.5 Å². The van der Waals surface area contributed by atoms with E-state index >= 15 is 0 Å². The van der Waals surface area contributed by atoms with Crippen molar-refractivity contribution in [1.82, 2.24) is 14.8 Å². The van der Waals surface area contributed by atoms with E-state index in [0.29, 0.717) is 31.6 Å². The Morgan fingerprint density at radius 2 is 1.71 bits per heavy atom. The third-order valence-electron chi connectivity index (χ3n) is 5.96. The molecule has 2 amide bonds. The van der Waals surface area contributed by atoms with Crippen molar-refractivity contribution in [2.75, 3.05) is 27.2 Å². The number of nitrogens with zero attached hydrogens (tertiary/aromatic N) is 3. The maximum Gasteiger partial charge on any atom is 0.272 e. The Balaban J connectivity index is 1.61. The highest BCUT2D eigenvalue weighted by Crippen LogP contribution is 2.37. The molecule has 1 aromatic heterocycles. The molecule has 5 nitrogen and oxygen atoms in total. The first kappa shape index (κ1) is 20.8. The minimum Gasteiger partial charge on any atom is -0.348 e. The molecule has 0 aliphatic carbocycles. The van der Waals surface area contributed by atoms with Crippen LogP contribution in [-0.4, -0.2) is 53.8 Å². The van der Waals surface area contributed by atoms with E-state index in [1.807, 2.05) is 30.3 Å². The van der Waals surface area contributed by atoms with Gasteiger partial charge in [-0.2, -0.15) is 0 Å². The molecular weight excluding hydrogens is 386 g/mol. The maximum absolute atomic E-state index is 13.3. The summed E-state index contributed by atoms with van der Waals surface area (Å²) in [4.78, 5) is 33.9. The lowest BCUT2D eigenvalue weighted by Crippen LogP contribution is -2.44. The van der Waals surface area contributed by atoms with Crippen molar-refractivity contribution in [2.45, 2.75) is 12.8 Å². The molecule has 5 heteroatoms. The molecule has 0 N–H and O–H groups in total. The van der Waals surface area contributed by atoms with Crippen LogP contribution in [0.25, 0.3) is 11.1 Å². The molecule has 0 unspecified atom stereocenters. The van der Waals surface area contributed by atoms with Gasteiger partial charge in [0.25, 0.3) is 5.91 Å². The zero-order chi connectivity index (χ0) is 21.8. The summed E-state index contributed by atoms with van der Waals surface area (Å²) in [6.45, 7) is 0.947. The number of benzene rings is 2. The summed E-state index contributed by atoms with van der Waals surface area (Å²) in [7, 11) is 3.57. The van der Waals surface area contributed by atoms with E-state index < -0.39 is 5.41 Å². The summed E-state index contributed by atoms with van der Waals surface area (Å²) >= 11 is 0. The van der Waals surface area contributed by atoms with Gasteiger partial charge < -0.3 is 9.80 Å². The Labute approximate surface area is 183 Å². The summed E-state index contributed by atoms with van der Waals surface area (Å²) < 4.78 is 0. The van der Waals surface area contributed by atoms with Crippen molar-refractivity contribution in [2.24, 2.45) is 5.41 Å². The van der Waals surface area contributed by atoms with Crippen LogP contribution in [0.15, 0.2) is 79.0 Å². The van der Waals surface area contributed by atoms with Crippen molar-refractivity contribution in [3.8, 4) is 11.1 Å². The first-order chi connectivity index (χ1) is 15.0. The van der Waals surface area contributed by atoms with Crippen LogP contribution < -0.4 is 0 Å². The number of likely N-dealkylation sites (tertiary alicyclic amines) is 1. The molecule has 31 heavy (non-hydrogen) atoms. The number of amides is 2. The molecule has 158 valence electrons. The number of rotatable bonds is 5. The lowest BCUT2D eigenvalue weighted by Gasteiger charge is -2.31. The first-order valence-corrected chi connectivity index (χ1v) is 10.5. The number of carbonyl (C=O) groups is 2. The van der Waals surface area contributed by atoms with Gasteiger partial charge in [-0.3, -0.25) is 14.6 Å². The second-order valence-corrected chi connectivity index (χ2v) is 8.41. The molecule has 1 saturated heterocycles. The van der Waals surface area contributed by atoms with Crippen molar-refractivity contribution in [3.05, 3.63) is 90.3 Å². The molecule has 0 saturated carbocycles. The fourth-order valence-corrected chi connectivity index (χ4v) is 4.45. The second kappa shape index (κ2) is 8.72. The second-order valence-electron chi connectivity index (χ2n) is 8.41. The van der Waals surface area contributed by atoms with Gasteiger partial charge in [-0.25, -0.2) is 0 Å². The smallest absolute Gasteiger partial charge is 0.272 e. The predicted octanol–water partition coefficient (Wildman–Crippen LogP) is 3.91.